The molecule has 31 heavy (non-hydrogen) atoms. The molecule has 2 aromatic heterocycles. The van der Waals surface area contributed by atoms with Gasteiger partial charge in [0.25, 0.3) is 0 Å². The van der Waals surface area contributed by atoms with Gasteiger partial charge in [-0.05, 0) is 37.0 Å². The first kappa shape index (κ1) is 21.6. The summed E-state index contributed by atoms with van der Waals surface area (Å²) in [5.74, 6) is 1.14. The van der Waals surface area contributed by atoms with Crippen molar-refractivity contribution in [3.8, 4) is 0 Å². The van der Waals surface area contributed by atoms with Crippen molar-refractivity contribution in [3.05, 3.63) is 40.8 Å². The molecule has 1 aliphatic heterocycles. The van der Waals surface area contributed by atoms with Gasteiger partial charge in [-0.15, -0.1) is 0 Å². The minimum Gasteiger partial charge on any atom is -0.374 e. The zero-order chi connectivity index (χ0) is 22.0. The molecule has 0 radical (unpaired) electrons. The molecule has 3 N–H and O–H groups in total. The van der Waals surface area contributed by atoms with Gasteiger partial charge in [0.2, 0.25) is 5.91 Å². The molecule has 8 nitrogen and oxygen atoms in total. The Hall–Kier alpha value is -2.58. The van der Waals surface area contributed by atoms with Gasteiger partial charge in [0.1, 0.15) is 18.2 Å². The summed E-state index contributed by atoms with van der Waals surface area (Å²) >= 11 is 12.2. The maximum Gasteiger partial charge on any atom is 0.242 e. The number of piperidine rings is 1. The number of hydrogen-bond acceptors (Lipinski definition) is 6. The summed E-state index contributed by atoms with van der Waals surface area (Å²) in [6.45, 7) is 5.67. The standard InChI is InChI=1S/C21H25Cl2N7O/c1-3-17(27-15-7-13(22)6-14(23)8-15)21(31)28-18-10-30(5-4-12(18)2)20-16-9-26-29-19(16)24-11-25-20/h6-9,11-12,17-18,27H,3-5,10H2,1-2H3,(H,28,31)(H,24,25,26,29)/t12-,17?,18-/m0/s1. The second kappa shape index (κ2) is 9.28. The summed E-state index contributed by atoms with van der Waals surface area (Å²) < 4.78 is 0. The summed E-state index contributed by atoms with van der Waals surface area (Å²) in [4.78, 5) is 24.0. The van der Waals surface area contributed by atoms with Gasteiger partial charge in [0, 0.05) is 34.9 Å². The van der Waals surface area contributed by atoms with E-state index in [1.165, 1.54) is 6.33 Å². The van der Waals surface area contributed by atoms with Crippen LogP contribution in [0.1, 0.15) is 26.7 Å². The molecule has 4 rings (SSSR count). The molecule has 1 unspecified atom stereocenters. The molecular weight excluding hydrogens is 437 g/mol. The molecule has 3 atom stereocenters. The molecule has 0 spiro atoms. The number of fused-ring (bicyclic) bond motifs is 1. The van der Waals surface area contributed by atoms with E-state index in [2.05, 4.69) is 42.6 Å². The predicted octanol–water partition coefficient (Wildman–Crippen LogP) is 3.88. The molecular formula is C21H25Cl2N7O. The molecule has 0 aliphatic carbocycles. The molecule has 1 fully saturated rings. The highest BCUT2D eigenvalue weighted by molar-refractivity contribution is 6.35. The summed E-state index contributed by atoms with van der Waals surface area (Å²) in [7, 11) is 0. The largest absolute Gasteiger partial charge is 0.374 e. The highest BCUT2D eigenvalue weighted by Crippen LogP contribution is 2.27. The molecule has 1 saturated heterocycles. The number of amides is 1. The Balaban J connectivity index is 1.46. The third-order valence-corrected chi connectivity index (χ3v) is 6.18. The van der Waals surface area contributed by atoms with Crippen molar-refractivity contribution in [2.75, 3.05) is 23.3 Å². The number of nitrogens with one attached hydrogen (secondary N) is 3. The molecule has 0 saturated carbocycles. The molecule has 0 bridgehead atoms. The Morgan fingerprint density at radius 2 is 2.06 bits per heavy atom. The van der Waals surface area contributed by atoms with Crippen LogP contribution in [0.4, 0.5) is 11.5 Å². The summed E-state index contributed by atoms with van der Waals surface area (Å²) in [5, 5.41) is 15.4. The van der Waals surface area contributed by atoms with Crippen LogP contribution in [-0.4, -0.2) is 51.2 Å². The van der Waals surface area contributed by atoms with Crippen molar-refractivity contribution in [2.45, 2.75) is 38.8 Å². The van der Waals surface area contributed by atoms with Gasteiger partial charge >= 0.3 is 0 Å². The Morgan fingerprint density at radius 1 is 1.29 bits per heavy atom. The third-order valence-electron chi connectivity index (χ3n) is 5.74. The van der Waals surface area contributed by atoms with Crippen LogP contribution in [0.2, 0.25) is 10.0 Å². The first-order chi connectivity index (χ1) is 14.9. The van der Waals surface area contributed by atoms with Crippen LogP contribution in [0, 0.1) is 5.92 Å². The topological polar surface area (TPSA) is 98.8 Å². The second-order valence-electron chi connectivity index (χ2n) is 7.92. The van der Waals surface area contributed by atoms with Crippen molar-refractivity contribution < 1.29 is 4.79 Å². The van der Waals surface area contributed by atoms with E-state index in [1.54, 1.807) is 24.4 Å². The van der Waals surface area contributed by atoms with Crippen LogP contribution in [0.15, 0.2) is 30.7 Å². The fourth-order valence-electron chi connectivity index (χ4n) is 3.93. The van der Waals surface area contributed by atoms with E-state index in [1.807, 2.05) is 6.92 Å². The lowest BCUT2D eigenvalue weighted by Gasteiger charge is -2.38. The maximum atomic E-state index is 13.1. The molecule has 3 aromatic rings. The second-order valence-corrected chi connectivity index (χ2v) is 8.79. The van der Waals surface area contributed by atoms with Gasteiger partial charge < -0.3 is 15.5 Å². The van der Waals surface area contributed by atoms with Gasteiger partial charge in [-0.3, -0.25) is 9.89 Å². The summed E-state index contributed by atoms with van der Waals surface area (Å²) in [6, 6.07) is 4.80. The monoisotopic (exact) mass is 461 g/mol. The number of halogens is 2. The van der Waals surface area contributed by atoms with Gasteiger partial charge in [-0.1, -0.05) is 37.0 Å². The number of nitrogens with zero attached hydrogens (tertiary/aromatic N) is 4. The average Bonchev–Trinajstić information content (AvgIpc) is 3.22. The Morgan fingerprint density at radius 3 is 2.81 bits per heavy atom. The zero-order valence-electron chi connectivity index (χ0n) is 17.4. The zero-order valence-corrected chi connectivity index (χ0v) is 18.9. The lowest BCUT2D eigenvalue weighted by Crippen LogP contribution is -2.55. The van der Waals surface area contributed by atoms with Gasteiger partial charge in [-0.25, -0.2) is 9.97 Å². The Labute approximate surface area is 190 Å². The maximum absolute atomic E-state index is 13.1. The number of benzene rings is 1. The molecule has 1 amide bonds. The normalized spacial score (nSPS) is 19.9. The van der Waals surface area contributed by atoms with Crippen LogP contribution < -0.4 is 15.5 Å². The summed E-state index contributed by atoms with van der Waals surface area (Å²) in [6.07, 6.45) is 4.85. The van der Waals surface area contributed by atoms with E-state index in [0.717, 1.165) is 29.9 Å². The van der Waals surface area contributed by atoms with Gasteiger partial charge in [0.05, 0.1) is 11.6 Å². The number of rotatable bonds is 6. The molecule has 164 valence electrons. The van der Waals surface area contributed by atoms with Gasteiger partial charge in [0.15, 0.2) is 5.65 Å². The SMILES string of the molecule is CCC(Nc1cc(Cl)cc(Cl)c1)C(=O)N[C@H]1CN(c2ncnc3[nH]ncc23)CC[C@@H]1C. The highest BCUT2D eigenvalue weighted by Gasteiger charge is 2.30. The van der Waals surface area contributed by atoms with Crippen molar-refractivity contribution in [2.24, 2.45) is 5.92 Å². The molecule has 3 heterocycles. The Kier molecular flexibility index (Phi) is 6.48. The molecule has 1 aliphatic rings. The van der Waals surface area contributed by atoms with Gasteiger partial charge in [-0.2, -0.15) is 5.10 Å². The number of carbonyl (C=O) groups excluding carboxylic acids is 1. The van der Waals surface area contributed by atoms with Crippen LogP contribution >= 0.6 is 23.2 Å². The number of anilines is 2. The quantitative estimate of drug-likeness (QED) is 0.514. The van der Waals surface area contributed by atoms with Crippen LogP contribution in [0.25, 0.3) is 11.0 Å². The number of carbonyl (C=O) groups is 1. The number of aromatic amines is 1. The lowest BCUT2D eigenvalue weighted by atomic mass is 9.93. The third kappa shape index (κ3) is 4.85. The van der Waals surface area contributed by atoms with Crippen LogP contribution in [0.3, 0.4) is 0 Å². The number of H-pyrrole nitrogens is 1. The van der Waals surface area contributed by atoms with E-state index in [4.69, 9.17) is 23.2 Å². The first-order valence-corrected chi connectivity index (χ1v) is 11.1. The van der Waals surface area contributed by atoms with E-state index < -0.39 is 6.04 Å². The van der Waals surface area contributed by atoms with Crippen molar-refractivity contribution in [1.82, 2.24) is 25.5 Å². The highest BCUT2D eigenvalue weighted by atomic mass is 35.5. The van der Waals surface area contributed by atoms with E-state index in [0.29, 0.717) is 34.6 Å². The smallest absolute Gasteiger partial charge is 0.242 e. The first-order valence-electron chi connectivity index (χ1n) is 10.4. The van der Waals surface area contributed by atoms with E-state index in [9.17, 15) is 4.79 Å². The fourth-order valence-corrected chi connectivity index (χ4v) is 4.45. The van der Waals surface area contributed by atoms with Crippen LogP contribution in [-0.2, 0) is 4.79 Å². The summed E-state index contributed by atoms with van der Waals surface area (Å²) in [5.41, 5.74) is 1.43. The minimum atomic E-state index is -0.392. The molecule has 10 heteroatoms. The van der Waals surface area contributed by atoms with Crippen molar-refractivity contribution in [1.29, 1.82) is 0 Å². The minimum absolute atomic E-state index is 0.00281. The molecule has 1 aromatic carbocycles. The van der Waals surface area contributed by atoms with Crippen LogP contribution in [0.5, 0.6) is 0 Å². The van der Waals surface area contributed by atoms with E-state index in [-0.39, 0.29) is 11.9 Å². The van der Waals surface area contributed by atoms with Crippen molar-refractivity contribution in [3.63, 3.8) is 0 Å². The van der Waals surface area contributed by atoms with Crippen molar-refractivity contribution >= 4 is 51.6 Å². The fraction of sp³-hybridized carbons (Fsp3) is 0.429. The van der Waals surface area contributed by atoms with E-state index >= 15 is 0 Å². The number of hydrogen-bond donors (Lipinski definition) is 3. The Bertz CT molecular complexity index is 1050. The number of aromatic nitrogens is 4. The predicted molar refractivity (Wildman–Crippen MR) is 124 cm³/mol. The lowest BCUT2D eigenvalue weighted by molar-refractivity contribution is -0.123. The average molecular weight is 462 g/mol.